The molecule has 0 fully saturated rings. The Kier molecular flexibility index (Phi) is 1.83. The normalized spacial score (nSPS) is 18.9. The van der Waals surface area contributed by atoms with Crippen LogP contribution in [0.15, 0.2) is 5.10 Å². The molecule has 0 radical (unpaired) electrons. The molecule has 0 amide bonds. The summed E-state index contributed by atoms with van der Waals surface area (Å²) in [5.41, 5.74) is 0.125. The van der Waals surface area contributed by atoms with Crippen molar-refractivity contribution in [3.63, 3.8) is 0 Å². The van der Waals surface area contributed by atoms with Gasteiger partial charge in [0, 0.05) is 5.54 Å². The molecule has 1 aliphatic rings. The minimum Gasteiger partial charge on any atom is -0.480 e. The highest BCUT2D eigenvalue weighted by Crippen LogP contribution is 2.13. The lowest BCUT2D eigenvalue weighted by Gasteiger charge is -2.34. The third kappa shape index (κ3) is 1.62. The van der Waals surface area contributed by atoms with Crippen molar-refractivity contribution in [2.75, 3.05) is 13.2 Å². The number of nitrogens with zero attached hydrogens (tertiary/aromatic N) is 2. The molecule has 10 heavy (non-hydrogen) atoms. The number of rotatable bonds is 0. The van der Waals surface area contributed by atoms with Crippen LogP contribution in [0.1, 0.15) is 20.8 Å². The van der Waals surface area contributed by atoms with Crippen LogP contribution in [0.2, 0.25) is 0 Å². The molecule has 0 saturated heterocycles. The molecular weight excluding hydrogens is 128 g/mol. The van der Waals surface area contributed by atoms with Gasteiger partial charge in [-0.25, -0.2) is 0 Å². The van der Waals surface area contributed by atoms with Crippen LogP contribution in [0, 0.1) is 0 Å². The molecule has 0 saturated carbocycles. The Morgan fingerprint density at radius 1 is 1.50 bits per heavy atom. The molecule has 0 atom stereocenters. The summed E-state index contributed by atoms with van der Waals surface area (Å²) in [6, 6.07) is 0. The summed E-state index contributed by atoms with van der Waals surface area (Å²) < 4.78 is 4.96. The van der Waals surface area contributed by atoms with E-state index in [0.717, 1.165) is 13.2 Å². The molecule has 0 aromatic rings. The first-order valence-electron chi connectivity index (χ1n) is 3.52. The van der Waals surface area contributed by atoms with Crippen molar-refractivity contribution in [2.24, 2.45) is 5.10 Å². The molecule has 0 aliphatic carbocycles. The summed E-state index contributed by atoms with van der Waals surface area (Å²) in [5, 5.41) is 6.11. The van der Waals surface area contributed by atoms with E-state index in [2.05, 4.69) is 25.9 Å². The van der Waals surface area contributed by atoms with E-state index in [9.17, 15) is 0 Å². The summed E-state index contributed by atoms with van der Waals surface area (Å²) in [6.07, 6.45) is 1.51. The van der Waals surface area contributed by atoms with Gasteiger partial charge < -0.3 is 4.74 Å². The predicted molar refractivity (Wildman–Crippen MR) is 40.9 cm³/mol. The summed E-state index contributed by atoms with van der Waals surface area (Å²) in [6.45, 7) is 8.04. The number of ether oxygens (including phenoxy) is 1. The lowest BCUT2D eigenvalue weighted by molar-refractivity contribution is 0.0905. The number of hydrogen-bond donors (Lipinski definition) is 0. The first-order chi connectivity index (χ1) is 4.61. The van der Waals surface area contributed by atoms with Gasteiger partial charge in [-0.15, -0.1) is 5.10 Å². The largest absolute Gasteiger partial charge is 0.480 e. The fourth-order valence-corrected chi connectivity index (χ4v) is 0.848. The monoisotopic (exact) mass is 142 g/mol. The van der Waals surface area contributed by atoms with E-state index in [1.54, 1.807) is 0 Å². The highest BCUT2D eigenvalue weighted by Gasteiger charge is 2.20. The Morgan fingerprint density at radius 2 is 2.20 bits per heavy atom. The molecule has 1 aliphatic heterocycles. The highest BCUT2D eigenvalue weighted by atomic mass is 16.5. The number of hydrazone groups is 1. The summed E-state index contributed by atoms with van der Waals surface area (Å²) in [7, 11) is 0. The summed E-state index contributed by atoms with van der Waals surface area (Å²) in [5.74, 6) is 0. The van der Waals surface area contributed by atoms with Gasteiger partial charge in [-0.05, 0) is 20.8 Å². The van der Waals surface area contributed by atoms with Crippen LogP contribution in [0.4, 0.5) is 0 Å². The van der Waals surface area contributed by atoms with Crippen molar-refractivity contribution in [3.8, 4) is 0 Å². The average Bonchev–Trinajstić information content (AvgIpc) is 1.88. The Hall–Kier alpha value is -0.730. The Balaban J connectivity index is 2.55. The first kappa shape index (κ1) is 7.38. The molecule has 0 bridgehead atoms. The SMILES string of the molecule is CC(C)(C)N1CCOC=N1. The molecule has 58 valence electrons. The second-order valence-electron chi connectivity index (χ2n) is 3.39. The van der Waals surface area contributed by atoms with E-state index in [0.29, 0.717) is 0 Å². The zero-order valence-electron chi connectivity index (χ0n) is 6.79. The Bertz CT molecular complexity index is 137. The van der Waals surface area contributed by atoms with Gasteiger partial charge in [0.1, 0.15) is 6.61 Å². The van der Waals surface area contributed by atoms with Crippen LogP contribution in [0.25, 0.3) is 0 Å². The highest BCUT2D eigenvalue weighted by molar-refractivity contribution is 5.46. The van der Waals surface area contributed by atoms with E-state index in [1.165, 1.54) is 6.40 Å². The Labute approximate surface area is 61.7 Å². The molecule has 0 unspecified atom stereocenters. The van der Waals surface area contributed by atoms with Gasteiger partial charge in [0.25, 0.3) is 0 Å². The van der Waals surface area contributed by atoms with Crippen molar-refractivity contribution >= 4 is 6.40 Å². The van der Waals surface area contributed by atoms with Crippen molar-refractivity contribution in [3.05, 3.63) is 0 Å². The van der Waals surface area contributed by atoms with E-state index in [1.807, 2.05) is 5.01 Å². The molecule has 0 aromatic heterocycles. The van der Waals surface area contributed by atoms with Crippen LogP contribution < -0.4 is 0 Å². The standard InChI is InChI=1S/C7H14N2O/c1-7(2,3)9-4-5-10-6-8-9/h6H,4-5H2,1-3H3. The third-order valence-corrected chi connectivity index (χ3v) is 1.46. The van der Waals surface area contributed by atoms with Crippen molar-refractivity contribution in [1.29, 1.82) is 0 Å². The lowest BCUT2D eigenvalue weighted by Crippen LogP contribution is -2.41. The van der Waals surface area contributed by atoms with E-state index in [-0.39, 0.29) is 5.54 Å². The summed E-state index contributed by atoms with van der Waals surface area (Å²) in [4.78, 5) is 0. The molecule has 1 heterocycles. The van der Waals surface area contributed by atoms with Gasteiger partial charge >= 0.3 is 0 Å². The van der Waals surface area contributed by atoms with Crippen LogP contribution in [-0.2, 0) is 4.74 Å². The fraction of sp³-hybridized carbons (Fsp3) is 0.857. The van der Waals surface area contributed by atoms with Gasteiger partial charge in [0.15, 0.2) is 6.40 Å². The molecule has 3 heteroatoms. The van der Waals surface area contributed by atoms with Gasteiger partial charge in [0.2, 0.25) is 0 Å². The fourth-order valence-electron chi connectivity index (χ4n) is 0.848. The Morgan fingerprint density at radius 3 is 2.50 bits per heavy atom. The van der Waals surface area contributed by atoms with Gasteiger partial charge in [-0.3, -0.25) is 5.01 Å². The van der Waals surface area contributed by atoms with Crippen molar-refractivity contribution in [2.45, 2.75) is 26.3 Å². The van der Waals surface area contributed by atoms with E-state index >= 15 is 0 Å². The van der Waals surface area contributed by atoms with E-state index in [4.69, 9.17) is 4.74 Å². The molecule has 0 aromatic carbocycles. The van der Waals surface area contributed by atoms with Gasteiger partial charge in [0.05, 0.1) is 6.54 Å². The predicted octanol–water partition coefficient (Wildman–Crippen LogP) is 1.06. The van der Waals surface area contributed by atoms with Crippen LogP contribution in [-0.4, -0.2) is 30.1 Å². The van der Waals surface area contributed by atoms with Crippen LogP contribution in [0.5, 0.6) is 0 Å². The molecule has 0 N–H and O–H groups in total. The van der Waals surface area contributed by atoms with Crippen molar-refractivity contribution < 1.29 is 4.74 Å². The zero-order valence-corrected chi connectivity index (χ0v) is 6.79. The topological polar surface area (TPSA) is 24.8 Å². The minimum atomic E-state index is 0.125. The van der Waals surface area contributed by atoms with Gasteiger partial charge in [-0.2, -0.15) is 0 Å². The zero-order chi connectivity index (χ0) is 7.61. The maximum Gasteiger partial charge on any atom is 0.192 e. The molecular formula is C7H14N2O. The lowest BCUT2D eigenvalue weighted by atomic mass is 10.1. The molecule has 3 nitrogen and oxygen atoms in total. The minimum absolute atomic E-state index is 0.125. The van der Waals surface area contributed by atoms with Crippen LogP contribution in [0.3, 0.4) is 0 Å². The quantitative estimate of drug-likeness (QED) is 0.505. The molecule has 1 rings (SSSR count). The third-order valence-electron chi connectivity index (χ3n) is 1.46. The summed E-state index contributed by atoms with van der Waals surface area (Å²) >= 11 is 0. The van der Waals surface area contributed by atoms with Crippen molar-refractivity contribution in [1.82, 2.24) is 5.01 Å². The van der Waals surface area contributed by atoms with E-state index < -0.39 is 0 Å². The van der Waals surface area contributed by atoms with Crippen LogP contribution >= 0.6 is 0 Å². The second-order valence-corrected chi connectivity index (χ2v) is 3.39. The molecule has 0 spiro atoms. The maximum atomic E-state index is 4.96. The number of hydrogen-bond acceptors (Lipinski definition) is 3. The van der Waals surface area contributed by atoms with Gasteiger partial charge in [-0.1, -0.05) is 0 Å². The maximum absolute atomic E-state index is 4.96. The smallest absolute Gasteiger partial charge is 0.192 e. The first-order valence-corrected chi connectivity index (χ1v) is 3.52. The average molecular weight is 142 g/mol. The second kappa shape index (κ2) is 2.48.